The summed E-state index contributed by atoms with van der Waals surface area (Å²) in [7, 11) is 1.38. The van der Waals surface area contributed by atoms with Crippen LogP contribution in [0.2, 0.25) is 0 Å². The number of aliphatic hydroxyl groups is 2. The van der Waals surface area contributed by atoms with Crippen LogP contribution < -0.4 is 0 Å². The predicted octanol–water partition coefficient (Wildman–Crippen LogP) is 3.73. The second kappa shape index (κ2) is 12.1. The SMILES string of the molecule is CCCCC[C@](C)(O)/C=C/C1[C@H](O)CC(=O)[C@@H]1C/C=C\CCCC(=O)OC. The Balaban J connectivity index is 2.55. The first-order valence-electron chi connectivity index (χ1n) is 10.1. The van der Waals surface area contributed by atoms with Crippen LogP contribution in [0, 0.1) is 11.8 Å². The molecule has 0 bridgehead atoms. The van der Waals surface area contributed by atoms with Crippen molar-refractivity contribution in [2.45, 2.75) is 83.3 Å². The van der Waals surface area contributed by atoms with Crippen molar-refractivity contribution in [1.82, 2.24) is 0 Å². The lowest BCUT2D eigenvalue weighted by atomic mass is 9.88. The van der Waals surface area contributed by atoms with Crippen LogP contribution in [-0.4, -0.2) is 40.8 Å². The number of esters is 1. The van der Waals surface area contributed by atoms with Gasteiger partial charge in [0.25, 0.3) is 0 Å². The standard InChI is InChI=1S/C22H36O5/c1-4-5-10-14-22(2,26)15-13-18-17(19(23)16-20(18)24)11-8-6-7-9-12-21(25)27-3/h6,8,13,15,17-18,20,24,26H,4-5,7,9-12,14,16H2,1-3H3/b8-6-,15-13+/t17-,18?,20-,22+/m1/s1. The number of ketones is 1. The van der Waals surface area contributed by atoms with Crippen molar-refractivity contribution >= 4 is 11.8 Å². The van der Waals surface area contributed by atoms with Gasteiger partial charge >= 0.3 is 5.97 Å². The summed E-state index contributed by atoms with van der Waals surface area (Å²) in [4.78, 5) is 23.3. The summed E-state index contributed by atoms with van der Waals surface area (Å²) < 4.78 is 4.60. The van der Waals surface area contributed by atoms with E-state index in [4.69, 9.17) is 0 Å². The lowest BCUT2D eigenvalue weighted by molar-refractivity contribution is -0.140. The highest BCUT2D eigenvalue weighted by atomic mass is 16.5. The molecule has 27 heavy (non-hydrogen) atoms. The van der Waals surface area contributed by atoms with Gasteiger partial charge in [-0.3, -0.25) is 9.59 Å². The molecular formula is C22H36O5. The Hall–Kier alpha value is -1.46. The van der Waals surface area contributed by atoms with Crippen LogP contribution in [-0.2, 0) is 14.3 Å². The molecule has 1 aliphatic carbocycles. The summed E-state index contributed by atoms with van der Waals surface area (Å²) in [5.41, 5.74) is -0.908. The first kappa shape index (κ1) is 23.6. The van der Waals surface area contributed by atoms with Gasteiger partial charge in [-0.2, -0.15) is 0 Å². The van der Waals surface area contributed by atoms with Gasteiger partial charge in [0.2, 0.25) is 0 Å². The molecule has 5 heteroatoms. The topological polar surface area (TPSA) is 83.8 Å². The number of ether oxygens (including phenoxy) is 1. The van der Waals surface area contributed by atoms with Crippen LogP contribution >= 0.6 is 0 Å². The first-order valence-corrected chi connectivity index (χ1v) is 10.1. The van der Waals surface area contributed by atoms with Crippen molar-refractivity contribution in [3.63, 3.8) is 0 Å². The van der Waals surface area contributed by atoms with E-state index in [-0.39, 0.29) is 30.0 Å². The third-order valence-electron chi connectivity index (χ3n) is 5.23. The third kappa shape index (κ3) is 8.85. The number of rotatable bonds is 12. The lowest BCUT2D eigenvalue weighted by Crippen LogP contribution is -2.23. The Morgan fingerprint density at radius 2 is 2.04 bits per heavy atom. The van der Waals surface area contributed by atoms with E-state index in [0.29, 0.717) is 25.7 Å². The molecule has 0 heterocycles. The highest BCUT2D eigenvalue weighted by molar-refractivity contribution is 5.84. The molecule has 1 rings (SSSR count). The Kier molecular flexibility index (Phi) is 10.6. The molecule has 2 N–H and O–H groups in total. The number of aliphatic hydroxyl groups excluding tert-OH is 1. The fraction of sp³-hybridized carbons (Fsp3) is 0.727. The first-order chi connectivity index (χ1) is 12.8. The van der Waals surface area contributed by atoms with Gasteiger partial charge in [0.15, 0.2) is 0 Å². The summed E-state index contributed by atoms with van der Waals surface area (Å²) in [6.45, 7) is 3.90. The van der Waals surface area contributed by atoms with Crippen molar-refractivity contribution in [2.24, 2.45) is 11.8 Å². The van der Waals surface area contributed by atoms with Crippen molar-refractivity contribution in [3.8, 4) is 0 Å². The molecule has 1 saturated carbocycles. The smallest absolute Gasteiger partial charge is 0.305 e. The van der Waals surface area contributed by atoms with Crippen molar-refractivity contribution in [1.29, 1.82) is 0 Å². The summed E-state index contributed by atoms with van der Waals surface area (Å²) in [6, 6.07) is 0. The maximum atomic E-state index is 12.2. The summed E-state index contributed by atoms with van der Waals surface area (Å²) >= 11 is 0. The minimum absolute atomic E-state index is 0.0713. The zero-order chi connectivity index (χ0) is 20.3. The molecule has 1 unspecified atom stereocenters. The molecule has 0 radical (unpaired) electrons. The van der Waals surface area contributed by atoms with Crippen molar-refractivity contribution in [3.05, 3.63) is 24.3 Å². The molecule has 0 saturated heterocycles. The molecular weight excluding hydrogens is 344 g/mol. The maximum absolute atomic E-state index is 12.2. The summed E-state index contributed by atoms with van der Waals surface area (Å²) in [6.07, 6.45) is 13.3. The van der Waals surface area contributed by atoms with Gasteiger partial charge in [-0.25, -0.2) is 0 Å². The Morgan fingerprint density at radius 1 is 1.30 bits per heavy atom. The van der Waals surface area contributed by atoms with Crippen LogP contribution in [0.25, 0.3) is 0 Å². The van der Waals surface area contributed by atoms with Crippen LogP contribution in [0.3, 0.4) is 0 Å². The van der Waals surface area contributed by atoms with E-state index >= 15 is 0 Å². The monoisotopic (exact) mass is 380 g/mol. The number of hydrogen-bond acceptors (Lipinski definition) is 5. The van der Waals surface area contributed by atoms with Crippen LogP contribution in [0.15, 0.2) is 24.3 Å². The van der Waals surface area contributed by atoms with E-state index < -0.39 is 11.7 Å². The molecule has 0 aromatic heterocycles. The van der Waals surface area contributed by atoms with Gasteiger partial charge < -0.3 is 14.9 Å². The molecule has 0 aromatic carbocycles. The van der Waals surface area contributed by atoms with Gasteiger partial charge in [0, 0.05) is 24.7 Å². The number of allylic oxidation sites excluding steroid dienone is 2. The minimum Gasteiger partial charge on any atom is -0.469 e. The van der Waals surface area contributed by atoms with E-state index in [0.717, 1.165) is 25.7 Å². The van der Waals surface area contributed by atoms with Crippen LogP contribution in [0.1, 0.15) is 71.6 Å². The summed E-state index contributed by atoms with van der Waals surface area (Å²) in [5.74, 6) is -0.648. The molecule has 4 atom stereocenters. The number of carbonyl (C=O) groups excluding carboxylic acids is 2. The fourth-order valence-electron chi connectivity index (χ4n) is 3.49. The molecule has 0 aromatic rings. The van der Waals surface area contributed by atoms with E-state index in [9.17, 15) is 19.8 Å². The molecule has 0 amide bonds. The highest BCUT2D eigenvalue weighted by Gasteiger charge is 2.39. The van der Waals surface area contributed by atoms with Gasteiger partial charge in [-0.05, 0) is 32.6 Å². The number of Topliss-reactive ketones (excluding diaryl/α,β-unsaturated/α-hetero) is 1. The zero-order valence-corrected chi connectivity index (χ0v) is 17.0. The second-order valence-electron chi connectivity index (χ2n) is 7.77. The van der Waals surface area contributed by atoms with Gasteiger partial charge in [-0.15, -0.1) is 0 Å². The van der Waals surface area contributed by atoms with E-state index in [1.807, 2.05) is 18.2 Å². The van der Waals surface area contributed by atoms with Gasteiger partial charge in [-0.1, -0.05) is 50.5 Å². The minimum atomic E-state index is -0.908. The Bertz CT molecular complexity index is 521. The lowest BCUT2D eigenvalue weighted by Gasteiger charge is -2.21. The van der Waals surface area contributed by atoms with Crippen molar-refractivity contribution < 1.29 is 24.5 Å². The predicted molar refractivity (Wildman–Crippen MR) is 106 cm³/mol. The molecule has 0 spiro atoms. The second-order valence-corrected chi connectivity index (χ2v) is 7.77. The maximum Gasteiger partial charge on any atom is 0.305 e. The average molecular weight is 381 g/mol. The zero-order valence-electron chi connectivity index (χ0n) is 17.0. The van der Waals surface area contributed by atoms with E-state index in [1.165, 1.54) is 7.11 Å². The highest BCUT2D eigenvalue weighted by Crippen LogP contribution is 2.34. The van der Waals surface area contributed by atoms with Crippen LogP contribution in [0.5, 0.6) is 0 Å². The number of hydrogen-bond donors (Lipinski definition) is 2. The number of unbranched alkanes of at least 4 members (excludes halogenated alkanes) is 3. The summed E-state index contributed by atoms with van der Waals surface area (Å²) in [5, 5.41) is 20.7. The quantitative estimate of drug-likeness (QED) is 0.306. The molecule has 1 fully saturated rings. The fourth-order valence-corrected chi connectivity index (χ4v) is 3.49. The van der Waals surface area contributed by atoms with E-state index in [2.05, 4.69) is 11.7 Å². The molecule has 5 nitrogen and oxygen atoms in total. The Labute approximate surface area is 163 Å². The van der Waals surface area contributed by atoms with Crippen molar-refractivity contribution in [2.75, 3.05) is 7.11 Å². The molecule has 0 aliphatic heterocycles. The van der Waals surface area contributed by atoms with E-state index in [1.54, 1.807) is 13.0 Å². The normalized spacial score (nSPS) is 25.4. The Morgan fingerprint density at radius 3 is 2.70 bits per heavy atom. The molecule has 1 aliphatic rings. The van der Waals surface area contributed by atoms with Gasteiger partial charge in [0.05, 0.1) is 18.8 Å². The third-order valence-corrected chi connectivity index (χ3v) is 5.23. The number of methoxy groups -OCH3 is 1. The average Bonchev–Trinajstić information content (AvgIpc) is 2.89. The molecule has 154 valence electrons. The van der Waals surface area contributed by atoms with Crippen LogP contribution in [0.4, 0.5) is 0 Å². The van der Waals surface area contributed by atoms with Gasteiger partial charge in [0.1, 0.15) is 5.78 Å². The largest absolute Gasteiger partial charge is 0.469 e. The number of carbonyl (C=O) groups is 2.